The summed E-state index contributed by atoms with van der Waals surface area (Å²) in [6.45, 7) is 3.57. The molecule has 0 atom stereocenters. The number of carboxylic acids is 2. The van der Waals surface area contributed by atoms with Crippen LogP contribution in [0.25, 0.3) is 41.6 Å². The summed E-state index contributed by atoms with van der Waals surface area (Å²) in [5.41, 5.74) is 17.2. The number of aliphatic carboxylic acids is 2. The van der Waals surface area contributed by atoms with Crippen molar-refractivity contribution >= 4 is 78.1 Å². The molecular formula is C34H30N6O4S2. The fraction of sp³-hybridized carbons (Fsp3) is 0.0588. The SMILES string of the molecule is CC(N)=Nc1ccc2nc(-c3ccccc3)sc2c1.CC(N)=Nc1ccc2nc(-c3ccccc3)sc2c1.O=C(O)/C=C\C(=O)O. The monoisotopic (exact) mass is 650 g/mol. The van der Waals surface area contributed by atoms with Gasteiger partial charge in [-0.15, -0.1) is 22.7 Å². The van der Waals surface area contributed by atoms with Gasteiger partial charge in [-0.2, -0.15) is 0 Å². The van der Waals surface area contributed by atoms with E-state index in [0.717, 1.165) is 53.0 Å². The Morgan fingerprint density at radius 2 is 1.00 bits per heavy atom. The molecule has 232 valence electrons. The summed E-state index contributed by atoms with van der Waals surface area (Å²) >= 11 is 3.34. The number of amidine groups is 2. The fourth-order valence-electron chi connectivity index (χ4n) is 3.92. The smallest absolute Gasteiger partial charge is 0.328 e. The first-order valence-electron chi connectivity index (χ1n) is 13.7. The van der Waals surface area contributed by atoms with Crippen molar-refractivity contribution in [2.45, 2.75) is 13.8 Å². The first-order chi connectivity index (χ1) is 22.1. The first-order valence-corrected chi connectivity index (χ1v) is 15.4. The van der Waals surface area contributed by atoms with Gasteiger partial charge in [-0.25, -0.2) is 29.5 Å². The highest BCUT2D eigenvalue weighted by atomic mass is 32.1. The molecule has 6 N–H and O–H groups in total. The highest BCUT2D eigenvalue weighted by Gasteiger charge is 2.07. The van der Waals surface area contributed by atoms with Gasteiger partial charge in [0.25, 0.3) is 0 Å². The lowest BCUT2D eigenvalue weighted by molar-refractivity contribution is -0.134. The summed E-state index contributed by atoms with van der Waals surface area (Å²) in [5, 5.41) is 17.7. The van der Waals surface area contributed by atoms with Gasteiger partial charge in [-0.3, -0.25) is 0 Å². The predicted octanol–water partition coefficient (Wildman–Crippen LogP) is 7.66. The van der Waals surface area contributed by atoms with Crippen molar-refractivity contribution in [3.8, 4) is 21.1 Å². The molecule has 0 amide bonds. The molecule has 0 unspecified atom stereocenters. The molecule has 2 heterocycles. The minimum absolute atomic E-state index is 0.558. The second-order valence-corrected chi connectivity index (χ2v) is 11.7. The van der Waals surface area contributed by atoms with E-state index in [2.05, 4.69) is 44.2 Å². The van der Waals surface area contributed by atoms with Gasteiger partial charge < -0.3 is 21.7 Å². The molecule has 4 aromatic carbocycles. The molecule has 0 aliphatic heterocycles. The van der Waals surface area contributed by atoms with Crippen molar-refractivity contribution in [2.75, 3.05) is 0 Å². The molecule has 0 aliphatic rings. The number of fused-ring (bicyclic) bond motifs is 2. The molecule has 0 aliphatic carbocycles. The zero-order chi connectivity index (χ0) is 33.1. The van der Waals surface area contributed by atoms with Crippen molar-refractivity contribution < 1.29 is 19.8 Å². The van der Waals surface area contributed by atoms with Gasteiger partial charge in [0.1, 0.15) is 10.0 Å². The highest BCUT2D eigenvalue weighted by Crippen LogP contribution is 2.33. The molecule has 0 radical (unpaired) electrons. The Bertz CT molecular complexity index is 1900. The first kappa shape index (κ1) is 33.2. The zero-order valence-electron chi connectivity index (χ0n) is 24.9. The number of aromatic nitrogens is 2. The van der Waals surface area contributed by atoms with E-state index in [9.17, 15) is 9.59 Å². The number of carboxylic acid groups (broad SMARTS) is 2. The van der Waals surface area contributed by atoms with Crippen molar-refractivity contribution in [2.24, 2.45) is 21.5 Å². The Balaban J connectivity index is 0.000000170. The number of carbonyl (C=O) groups is 2. The van der Waals surface area contributed by atoms with Crippen LogP contribution in [0.4, 0.5) is 11.4 Å². The maximum atomic E-state index is 9.55. The van der Waals surface area contributed by atoms with E-state index < -0.39 is 11.9 Å². The van der Waals surface area contributed by atoms with Crippen molar-refractivity contribution in [3.05, 3.63) is 109 Å². The van der Waals surface area contributed by atoms with E-state index in [0.29, 0.717) is 23.8 Å². The van der Waals surface area contributed by atoms with E-state index in [4.69, 9.17) is 21.7 Å². The highest BCUT2D eigenvalue weighted by molar-refractivity contribution is 7.22. The van der Waals surface area contributed by atoms with Crippen LogP contribution in [0, 0.1) is 0 Å². The van der Waals surface area contributed by atoms with Crippen LogP contribution in [-0.4, -0.2) is 43.8 Å². The van der Waals surface area contributed by atoms with Crippen LogP contribution in [0.15, 0.2) is 119 Å². The van der Waals surface area contributed by atoms with Gasteiger partial charge in [0.05, 0.1) is 43.5 Å². The van der Waals surface area contributed by atoms with Crippen LogP contribution in [0.2, 0.25) is 0 Å². The Kier molecular flexibility index (Phi) is 11.4. The van der Waals surface area contributed by atoms with Gasteiger partial charge in [0, 0.05) is 23.3 Å². The second-order valence-electron chi connectivity index (χ2n) is 9.59. The lowest BCUT2D eigenvalue weighted by Gasteiger charge is -1.94. The standard InChI is InChI=1S/2C15H13N3S.C4H4O4/c2*1-10(16)17-12-7-8-13-14(9-12)19-15(18-13)11-5-3-2-4-6-11;5-3(6)1-2-4(7)8/h2*2-9H,1H3,(H2,16,17);1-2H,(H,5,6)(H,7,8)/b;;2-1-. The lowest BCUT2D eigenvalue weighted by Crippen LogP contribution is -2.03. The third kappa shape index (κ3) is 9.91. The molecule has 0 bridgehead atoms. The Morgan fingerprint density at radius 3 is 1.33 bits per heavy atom. The third-order valence-corrected chi connectivity index (χ3v) is 7.90. The molecule has 2 aromatic heterocycles. The molecule has 6 aromatic rings. The molecule has 0 saturated heterocycles. The summed E-state index contributed by atoms with van der Waals surface area (Å²) in [7, 11) is 0. The van der Waals surface area contributed by atoms with Crippen LogP contribution < -0.4 is 11.5 Å². The van der Waals surface area contributed by atoms with Crippen LogP contribution in [0.1, 0.15) is 13.8 Å². The number of hydrogen-bond donors (Lipinski definition) is 4. The Hall–Kier alpha value is -5.72. The van der Waals surface area contributed by atoms with Gasteiger partial charge >= 0.3 is 11.9 Å². The summed E-state index contributed by atoms with van der Waals surface area (Å²) in [6, 6.07) is 32.3. The zero-order valence-corrected chi connectivity index (χ0v) is 26.5. The van der Waals surface area contributed by atoms with Gasteiger partial charge in [-0.05, 0) is 50.2 Å². The van der Waals surface area contributed by atoms with E-state index >= 15 is 0 Å². The number of nitrogens with zero attached hydrogens (tertiary/aromatic N) is 4. The average Bonchev–Trinajstić information content (AvgIpc) is 3.65. The van der Waals surface area contributed by atoms with Crippen molar-refractivity contribution in [1.82, 2.24) is 9.97 Å². The minimum atomic E-state index is -1.26. The minimum Gasteiger partial charge on any atom is -0.478 e. The number of aliphatic imine (C=N–C) groups is 2. The Labute approximate surface area is 272 Å². The summed E-state index contributed by atoms with van der Waals surface area (Å²) in [6.07, 6.45) is 1.12. The Morgan fingerprint density at radius 1 is 0.630 bits per heavy atom. The largest absolute Gasteiger partial charge is 0.478 e. The maximum absolute atomic E-state index is 9.55. The number of nitrogens with two attached hydrogens (primary N) is 2. The van der Waals surface area contributed by atoms with E-state index in [-0.39, 0.29) is 0 Å². The average molecular weight is 651 g/mol. The summed E-state index contributed by atoms with van der Waals surface area (Å²) < 4.78 is 2.25. The van der Waals surface area contributed by atoms with Crippen LogP contribution in [0.3, 0.4) is 0 Å². The predicted molar refractivity (Wildman–Crippen MR) is 188 cm³/mol. The second kappa shape index (κ2) is 15.8. The van der Waals surface area contributed by atoms with Gasteiger partial charge in [0.15, 0.2) is 0 Å². The number of hydrogen-bond acceptors (Lipinski definition) is 8. The summed E-state index contributed by atoms with van der Waals surface area (Å²) in [5.74, 6) is -1.39. The number of benzene rings is 4. The molecular weight excluding hydrogens is 621 g/mol. The summed E-state index contributed by atoms with van der Waals surface area (Å²) in [4.78, 5) is 36.9. The quantitative estimate of drug-likeness (QED) is 0.0806. The van der Waals surface area contributed by atoms with E-state index in [1.165, 1.54) is 0 Å². The van der Waals surface area contributed by atoms with E-state index in [1.54, 1.807) is 36.5 Å². The molecule has 6 rings (SSSR count). The lowest BCUT2D eigenvalue weighted by atomic mass is 10.2. The van der Waals surface area contributed by atoms with Crippen molar-refractivity contribution in [3.63, 3.8) is 0 Å². The molecule has 0 spiro atoms. The van der Waals surface area contributed by atoms with Crippen LogP contribution in [-0.2, 0) is 9.59 Å². The van der Waals surface area contributed by atoms with Crippen LogP contribution in [0.5, 0.6) is 0 Å². The van der Waals surface area contributed by atoms with Gasteiger partial charge in [-0.1, -0.05) is 60.7 Å². The van der Waals surface area contributed by atoms with E-state index in [1.807, 2.05) is 72.8 Å². The normalized spacial score (nSPS) is 11.5. The molecule has 0 fully saturated rings. The van der Waals surface area contributed by atoms with Crippen LogP contribution >= 0.6 is 22.7 Å². The number of thiazole rings is 2. The fourth-order valence-corrected chi connectivity index (χ4v) is 5.93. The number of rotatable bonds is 6. The molecule has 0 saturated carbocycles. The third-order valence-electron chi connectivity index (χ3n) is 5.76. The van der Waals surface area contributed by atoms with Gasteiger partial charge in [0.2, 0.25) is 0 Å². The molecule has 46 heavy (non-hydrogen) atoms. The maximum Gasteiger partial charge on any atom is 0.328 e. The topological polar surface area (TPSA) is 177 Å². The van der Waals surface area contributed by atoms with Crippen molar-refractivity contribution in [1.29, 1.82) is 0 Å². The molecule has 12 heteroatoms. The molecule has 10 nitrogen and oxygen atoms in total.